The second kappa shape index (κ2) is 7.73. The van der Waals surface area contributed by atoms with E-state index < -0.39 is 0 Å². The number of fused-ring (bicyclic) bond motifs is 1. The van der Waals surface area contributed by atoms with Crippen molar-refractivity contribution in [2.75, 3.05) is 18.1 Å². The van der Waals surface area contributed by atoms with Gasteiger partial charge in [0.25, 0.3) is 0 Å². The van der Waals surface area contributed by atoms with Crippen LogP contribution < -0.4 is 10.6 Å². The first-order valence-corrected chi connectivity index (χ1v) is 8.65. The van der Waals surface area contributed by atoms with E-state index in [1.165, 1.54) is 11.1 Å². The molecular formula is C15H20Cl2N2OS. The van der Waals surface area contributed by atoms with Gasteiger partial charge in [-0.25, -0.2) is 0 Å². The first-order valence-electron chi connectivity index (χ1n) is 7.12. The molecule has 0 spiro atoms. The lowest BCUT2D eigenvalue weighted by Crippen LogP contribution is -2.41. The Morgan fingerprint density at radius 1 is 1.48 bits per heavy atom. The topological polar surface area (TPSA) is 41.1 Å². The molecule has 21 heavy (non-hydrogen) atoms. The molecule has 1 heterocycles. The molecule has 2 aliphatic rings. The number of nitrogens with one attached hydrogen (secondary N) is 2. The molecule has 3 rings (SSSR count). The molecule has 0 aromatic heterocycles. The quantitative estimate of drug-likeness (QED) is 0.883. The molecule has 0 saturated carbocycles. The zero-order valence-electron chi connectivity index (χ0n) is 11.7. The number of rotatable bonds is 3. The number of hydrogen-bond donors (Lipinski definition) is 2. The van der Waals surface area contributed by atoms with Crippen molar-refractivity contribution in [2.45, 2.75) is 31.3 Å². The van der Waals surface area contributed by atoms with E-state index in [0.29, 0.717) is 12.5 Å². The molecule has 1 aliphatic heterocycles. The monoisotopic (exact) mass is 346 g/mol. The minimum absolute atomic E-state index is 0. The molecule has 2 atom stereocenters. The van der Waals surface area contributed by atoms with Gasteiger partial charge in [0.1, 0.15) is 0 Å². The Hall–Kier alpha value is -0.420. The van der Waals surface area contributed by atoms with Crippen LogP contribution in [0.25, 0.3) is 0 Å². The maximum atomic E-state index is 12.2. The highest BCUT2D eigenvalue weighted by Gasteiger charge is 2.26. The first kappa shape index (κ1) is 16.9. The third-order valence-corrected chi connectivity index (χ3v) is 5.46. The number of hydrogen-bond acceptors (Lipinski definition) is 3. The Morgan fingerprint density at radius 3 is 3.10 bits per heavy atom. The number of thioether (sulfide) groups is 1. The van der Waals surface area contributed by atoms with Gasteiger partial charge in [-0.1, -0.05) is 23.7 Å². The molecule has 1 amide bonds. The minimum Gasteiger partial charge on any atom is -0.349 e. The van der Waals surface area contributed by atoms with Crippen molar-refractivity contribution in [1.29, 1.82) is 0 Å². The van der Waals surface area contributed by atoms with Crippen molar-refractivity contribution >= 4 is 41.7 Å². The summed E-state index contributed by atoms with van der Waals surface area (Å²) < 4.78 is 0. The highest BCUT2D eigenvalue weighted by atomic mass is 35.5. The van der Waals surface area contributed by atoms with Crippen LogP contribution in [0.3, 0.4) is 0 Å². The van der Waals surface area contributed by atoms with Crippen LogP contribution in [0.1, 0.15) is 30.0 Å². The van der Waals surface area contributed by atoms with Crippen LogP contribution in [-0.4, -0.2) is 30.0 Å². The highest BCUT2D eigenvalue weighted by Crippen LogP contribution is 2.35. The van der Waals surface area contributed by atoms with E-state index in [2.05, 4.69) is 16.7 Å². The Morgan fingerprint density at radius 2 is 2.33 bits per heavy atom. The van der Waals surface area contributed by atoms with Gasteiger partial charge in [0.05, 0.1) is 6.04 Å². The summed E-state index contributed by atoms with van der Waals surface area (Å²) in [6, 6.07) is 6.41. The van der Waals surface area contributed by atoms with E-state index >= 15 is 0 Å². The van der Waals surface area contributed by atoms with Crippen LogP contribution in [-0.2, 0) is 11.2 Å². The molecule has 1 fully saturated rings. The molecule has 1 saturated heterocycles. The Kier molecular flexibility index (Phi) is 6.23. The van der Waals surface area contributed by atoms with Crippen LogP contribution in [0.15, 0.2) is 18.2 Å². The van der Waals surface area contributed by atoms with Gasteiger partial charge < -0.3 is 10.6 Å². The fourth-order valence-electron chi connectivity index (χ4n) is 2.99. The normalized spacial score (nSPS) is 24.0. The lowest BCUT2D eigenvalue weighted by atomic mass is 10.1. The fourth-order valence-corrected chi connectivity index (χ4v) is 4.21. The van der Waals surface area contributed by atoms with E-state index in [4.69, 9.17) is 11.6 Å². The summed E-state index contributed by atoms with van der Waals surface area (Å²) in [5.41, 5.74) is 2.39. The molecule has 0 radical (unpaired) electrons. The average molecular weight is 347 g/mol. The fraction of sp³-hybridized carbons (Fsp3) is 0.533. The maximum absolute atomic E-state index is 12.2. The molecule has 1 aliphatic carbocycles. The predicted molar refractivity (Wildman–Crippen MR) is 91.6 cm³/mol. The summed E-state index contributed by atoms with van der Waals surface area (Å²) in [6.07, 6.45) is 2.48. The summed E-state index contributed by atoms with van der Waals surface area (Å²) in [7, 11) is 0. The molecule has 116 valence electrons. The second-order valence-electron chi connectivity index (χ2n) is 5.40. The van der Waals surface area contributed by atoms with Gasteiger partial charge in [-0.2, -0.15) is 11.8 Å². The predicted octanol–water partition coefficient (Wildman–Crippen LogP) is 2.96. The third kappa shape index (κ3) is 4.07. The lowest BCUT2D eigenvalue weighted by Gasteiger charge is -2.23. The van der Waals surface area contributed by atoms with Crippen LogP contribution in [0.5, 0.6) is 0 Å². The van der Waals surface area contributed by atoms with Gasteiger partial charge in [-0.3, -0.25) is 4.79 Å². The molecule has 0 bridgehead atoms. The number of benzene rings is 1. The molecule has 6 heteroatoms. The van der Waals surface area contributed by atoms with Crippen molar-refractivity contribution < 1.29 is 4.79 Å². The van der Waals surface area contributed by atoms with E-state index in [9.17, 15) is 4.79 Å². The van der Waals surface area contributed by atoms with Gasteiger partial charge in [-0.05, 0) is 30.0 Å². The maximum Gasteiger partial charge on any atom is 0.222 e. The molecule has 1 aromatic rings. The van der Waals surface area contributed by atoms with E-state index in [0.717, 1.165) is 35.9 Å². The van der Waals surface area contributed by atoms with Crippen molar-refractivity contribution in [1.82, 2.24) is 10.6 Å². The van der Waals surface area contributed by atoms with Gasteiger partial charge in [0.15, 0.2) is 0 Å². The third-order valence-electron chi connectivity index (χ3n) is 3.98. The van der Waals surface area contributed by atoms with Crippen LogP contribution in [0.2, 0.25) is 5.02 Å². The zero-order valence-corrected chi connectivity index (χ0v) is 14.1. The van der Waals surface area contributed by atoms with Gasteiger partial charge in [-0.15, -0.1) is 12.4 Å². The SMILES string of the molecule is Cl.O=C(CC1CSCCN1)NC1CCc2c(Cl)cccc21. The highest BCUT2D eigenvalue weighted by molar-refractivity contribution is 7.99. The minimum atomic E-state index is 0. The molecular weight excluding hydrogens is 327 g/mol. The average Bonchev–Trinajstić information content (AvgIpc) is 2.84. The molecule has 3 nitrogen and oxygen atoms in total. The summed E-state index contributed by atoms with van der Waals surface area (Å²) in [4.78, 5) is 12.2. The van der Waals surface area contributed by atoms with E-state index in [-0.39, 0.29) is 24.4 Å². The van der Waals surface area contributed by atoms with Crippen LogP contribution in [0.4, 0.5) is 0 Å². The Labute approximate surface area is 141 Å². The number of carbonyl (C=O) groups excluding carboxylic acids is 1. The molecule has 2 unspecified atom stereocenters. The Bertz CT molecular complexity index is 506. The standard InChI is InChI=1S/C15H19ClN2OS.ClH/c16-13-3-1-2-12-11(13)4-5-14(12)18-15(19)8-10-9-20-7-6-17-10;/h1-3,10,14,17H,4-9H2,(H,18,19);1H. The largest absolute Gasteiger partial charge is 0.349 e. The van der Waals surface area contributed by atoms with E-state index in [1.54, 1.807) is 0 Å². The lowest BCUT2D eigenvalue weighted by molar-refractivity contribution is -0.122. The molecule has 1 aromatic carbocycles. The Balaban J connectivity index is 0.00000161. The summed E-state index contributed by atoms with van der Waals surface area (Å²) in [5.74, 6) is 2.32. The number of amides is 1. The van der Waals surface area contributed by atoms with Crippen molar-refractivity contribution in [3.63, 3.8) is 0 Å². The van der Waals surface area contributed by atoms with Crippen molar-refractivity contribution in [3.05, 3.63) is 34.3 Å². The number of carbonyl (C=O) groups is 1. The second-order valence-corrected chi connectivity index (χ2v) is 6.95. The van der Waals surface area contributed by atoms with Crippen LogP contribution >= 0.6 is 35.8 Å². The number of halogens is 2. The van der Waals surface area contributed by atoms with Gasteiger partial charge in [0, 0.05) is 35.5 Å². The first-order chi connectivity index (χ1) is 9.74. The zero-order chi connectivity index (χ0) is 13.9. The van der Waals surface area contributed by atoms with Gasteiger partial charge >= 0.3 is 0 Å². The summed E-state index contributed by atoms with van der Waals surface area (Å²) in [6.45, 7) is 1.00. The van der Waals surface area contributed by atoms with Crippen molar-refractivity contribution in [3.8, 4) is 0 Å². The summed E-state index contributed by atoms with van der Waals surface area (Å²) in [5, 5.41) is 7.39. The van der Waals surface area contributed by atoms with Crippen LogP contribution in [0, 0.1) is 0 Å². The summed E-state index contributed by atoms with van der Waals surface area (Å²) >= 11 is 8.12. The molecule has 2 N–H and O–H groups in total. The smallest absolute Gasteiger partial charge is 0.222 e. The van der Waals surface area contributed by atoms with E-state index in [1.807, 2.05) is 23.9 Å². The van der Waals surface area contributed by atoms with Crippen molar-refractivity contribution in [2.24, 2.45) is 0 Å². The van der Waals surface area contributed by atoms with Gasteiger partial charge in [0.2, 0.25) is 5.91 Å².